The molecule has 0 saturated carbocycles. The van der Waals surface area contributed by atoms with Gasteiger partial charge in [-0.25, -0.2) is 4.79 Å². The number of amides is 4. The van der Waals surface area contributed by atoms with Gasteiger partial charge in [0.05, 0.1) is 13.2 Å². The number of methoxy groups -OCH3 is 1. The highest BCUT2D eigenvalue weighted by molar-refractivity contribution is 6.30. The minimum Gasteiger partial charge on any atom is -0.383 e. The van der Waals surface area contributed by atoms with Crippen LogP contribution in [0.15, 0.2) is 24.3 Å². The SMILES string of the molecule is COCCNC(=O)N1CC[C@@]2(C1)C(=O)N(C(C)C)CC(=O)N2Cc1ccc(Cl)cc1. The van der Waals surface area contributed by atoms with Crippen LogP contribution in [-0.4, -0.2) is 84.0 Å². The fraction of sp³-hybridized carbons (Fsp3) is 0.571. The quantitative estimate of drug-likeness (QED) is 0.688. The van der Waals surface area contributed by atoms with Gasteiger partial charge >= 0.3 is 6.03 Å². The lowest BCUT2D eigenvalue weighted by atomic mass is 9.89. The molecule has 2 fully saturated rings. The number of carbonyl (C=O) groups excluding carboxylic acids is 3. The number of nitrogens with zero attached hydrogens (tertiary/aromatic N) is 3. The lowest BCUT2D eigenvalue weighted by molar-refractivity contribution is -0.166. The lowest BCUT2D eigenvalue weighted by Gasteiger charge is -2.48. The predicted octanol–water partition coefficient (Wildman–Crippen LogP) is 1.72. The number of likely N-dealkylation sites (tertiary alicyclic amines) is 1. The Morgan fingerprint density at radius 2 is 1.97 bits per heavy atom. The summed E-state index contributed by atoms with van der Waals surface area (Å²) in [5.41, 5.74) is -0.168. The van der Waals surface area contributed by atoms with Gasteiger partial charge in [-0.15, -0.1) is 0 Å². The second-order valence-corrected chi connectivity index (χ2v) is 8.50. The number of nitrogens with one attached hydrogen (secondary N) is 1. The van der Waals surface area contributed by atoms with Crippen molar-refractivity contribution in [3.05, 3.63) is 34.9 Å². The number of benzene rings is 1. The maximum atomic E-state index is 13.6. The third kappa shape index (κ3) is 4.39. The molecule has 2 heterocycles. The van der Waals surface area contributed by atoms with E-state index in [0.717, 1.165) is 5.56 Å². The highest BCUT2D eigenvalue weighted by Crippen LogP contribution is 2.35. The molecule has 30 heavy (non-hydrogen) atoms. The first kappa shape index (κ1) is 22.4. The number of piperazine rings is 1. The van der Waals surface area contributed by atoms with Crippen LogP contribution < -0.4 is 5.32 Å². The molecule has 0 unspecified atom stereocenters. The number of hydrogen-bond acceptors (Lipinski definition) is 4. The molecule has 1 aromatic rings. The maximum absolute atomic E-state index is 13.6. The molecule has 4 amide bonds. The van der Waals surface area contributed by atoms with Crippen LogP contribution in [-0.2, 0) is 20.9 Å². The molecule has 164 valence electrons. The molecule has 2 saturated heterocycles. The first-order valence-corrected chi connectivity index (χ1v) is 10.5. The van der Waals surface area contributed by atoms with E-state index < -0.39 is 5.54 Å². The van der Waals surface area contributed by atoms with Crippen molar-refractivity contribution in [1.82, 2.24) is 20.0 Å². The predicted molar refractivity (Wildman–Crippen MR) is 113 cm³/mol. The Hall–Kier alpha value is -2.32. The zero-order valence-corrected chi connectivity index (χ0v) is 18.4. The molecular weight excluding hydrogens is 408 g/mol. The molecule has 0 bridgehead atoms. The summed E-state index contributed by atoms with van der Waals surface area (Å²) in [5.74, 6) is -0.210. The molecule has 1 aromatic carbocycles. The van der Waals surface area contributed by atoms with Gasteiger partial charge in [0.25, 0.3) is 5.91 Å². The van der Waals surface area contributed by atoms with Crippen molar-refractivity contribution in [2.75, 3.05) is 39.9 Å². The topological polar surface area (TPSA) is 82.2 Å². The monoisotopic (exact) mass is 436 g/mol. The Labute approximate surface area is 182 Å². The molecule has 0 radical (unpaired) electrons. The smallest absolute Gasteiger partial charge is 0.317 e. The third-order valence-electron chi connectivity index (χ3n) is 5.78. The molecule has 0 aromatic heterocycles. The van der Waals surface area contributed by atoms with Gasteiger partial charge in [0.15, 0.2) is 0 Å². The first-order valence-electron chi connectivity index (χ1n) is 10.2. The van der Waals surface area contributed by atoms with Crippen LogP contribution >= 0.6 is 11.6 Å². The minimum atomic E-state index is -1.06. The van der Waals surface area contributed by atoms with E-state index in [4.69, 9.17) is 16.3 Å². The summed E-state index contributed by atoms with van der Waals surface area (Å²) in [4.78, 5) is 44.1. The Kier molecular flexibility index (Phi) is 6.88. The van der Waals surface area contributed by atoms with E-state index in [0.29, 0.717) is 37.7 Å². The van der Waals surface area contributed by atoms with E-state index >= 15 is 0 Å². The average molecular weight is 437 g/mol. The van der Waals surface area contributed by atoms with Gasteiger partial charge in [-0.3, -0.25) is 9.59 Å². The van der Waals surface area contributed by atoms with Crippen LogP contribution in [0.2, 0.25) is 5.02 Å². The Balaban J connectivity index is 1.86. The highest BCUT2D eigenvalue weighted by Gasteiger charge is 2.56. The molecular formula is C21H29ClN4O4. The minimum absolute atomic E-state index is 0.0475. The Morgan fingerprint density at radius 1 is 1.27 bits per heavy atom. The van der Waals surface area contributed by atoms with Gasteiger partial charge in [-0.1, -0.05) is 23.7 Å². The molecule has 1 N–H and O–H groups in total. The number of urea groups is 1. The number of carbonyl (C=O) groups is 3. The summed E-state index contributed by atoms with van der Waals surface area (Å²) in [7, 11) is 1.57. The molecule has 2 aliphatic rings. The lowest BCUT2D eigenvalue weighted by Crippen LogP contribution is -2.70. The molecule has 8 nitrogen and oxygen atoms in total. The number of halogens is 1. The molecule has 1 spiro atoms. The van der Waals surface area contributed by atoms with Crippen molar-refractivity contribution in [2.45, 2.75) is 38.4 Å². The number of ether oxygens (including phenoxy) is 1. The summed E-state index contributed by atoms with van der Waals surface area (Å²) >= 11 is 5.99. The van der Waals surface area contributed by atoms with Crippen molar-refractivity contribution in [1.29, 1.82) is 0 Å². The largest absolute Gasteiger partial charge is 0.383 e. The summed E-state index contributed by atoms with van der Waals surface area (Å²) in [6.07, 6.45) is 0.409. The van der Waals surface area contributed by atoms with Crippen LogP contribution in [0.5, 0.6) is 0 Å². The van der Waals surface area contributed by atoms with Gasteiger partial charge in [0, 0.05) is 37.8 Å². The van der Waals surface area contributed by atoms with Crippen LogP contribution in [0.4, 0.5) is 4.79 Å². The van der Waals surface area contributed by atoms with Gasteiger partial charge < -0.3 is 24.8 Å². The van der Waals surface area contributed by atoms with Crippen LogP contribution in [0.25, 0.3) is 0 Å². The molecule has 3 rings (SSSR count). The summed E-state index contributed by atoms with van der Waals surface area (Å²) < 4.78 is 4.97. The van der Waals surface area contributed by atoms with Crippen LogP contribution in [0.1, 0.15) is 25.8 Å². The van der Waals surface area contributed by atoms with Gasteiger partial charge in [0.2, 0.25) is 5.91 Å². The zero-order valence-electron chi connectivity index (χ0n) is 17.7. The Bertz CT molecular complexity index is 801. The average Bonchev–Trinajstić information content (AvgIpc) is 3.16. The van der Waals surface area contributed by atoms with E-state index in [1.165, 1.54) is 0 Å². The van der Waals surface area contributed by atoms with Gasteiger partial charge in [-0.2, -0.15) is 0 Å². The highest BCUT2D eigenvalue weighted by atomic mass is 35.5. The van der Waals surface area contributed by atoms with E-state index in [1.54, 1.807) is 33.9 Å². The normalized spacial score (nSPS) is 21.8. The molecule has 1 atom stereocenters. The standard InChI is InChI=1S/C21H29ClN4O4/c1-15(2)25-13-18(27)26(12-16-4-6-17(22)7-5-16)21(19(25)28)8-10-24(14-21)20(29)23-9-11-30-3/h4-7,15H,8-14H2,1-3H3,(H,23,29)/t21-/m1/s1. The van der Waals surface area contributed by atoms with Crippen molar-refractivity contribution >= 4 is 29.4 Å². The number of hydrogen-bond donors (Lipinski definition) is 1. The van der Waals surface area contributed by atoms with E-state index in [9.17, 15) is 14.4 Å². The van der Waals surface area contributed by atoms with Crippen molar-refractivity contribution in [3.8, 4) is 0 Å². The van der Waals surface area contributed by atoms with Crippen molar-refractivity contribution < 1.29 is 19.1 Å². The maximum Gasteiger partial charge on any atom is 0.317 e. The van der Waals surface area contributed by atoms with Gasteiger partial charge in [0.1, 0.15) is 12.1 Å². The Morgan fingerprint density at radius 3 is 2.60 bits per heavy atom. The second kappa shape index (κ2) is 9.22. The van der Waals surface area contributed by atoms with Crippen molar-refractivity contribution in [2.24, 2.45) is 0 Å². The van der Waals surface area contributed by atoms with Crippen molar-refractivity contribution in [3.63, 3.8) is 0 Å². The summed E-state index contributed by atoms with van der Waals surface area (Å²) in [6.45, 7) is 5.52. The van der Waals surface area contributed by atoms with Crippen LogP contribution in [0.3, 0.4) is 0 Å². The van der Waals surface area contributed by atoms with E-state index in [2.05, 4.69) is 5.32 Å². The molecule has 0 aliphatic carbocycles. The zero-order chi connectivity index (χ0) is 21.9. The van der Waals surface area contributed by atoms with E-state index in [1.807, 2.05) is 26.0 Å². The van der Waals surface area contributed by atoms with E-state index in [-0.39, 0.29) is 37.0 Å². The molecule has 2 aliphatic heterocycles. The second-order valence-electron chi connectivity index (χ2n) is 8.06. The summed E-state index contributed by atoms with van der Waals surface area (Å²) in [6, 6.07) is 6.90. The fourth-order valence-corrected chi connectivity index (χ4v) is 4.21. The van der Waals surface area contributed by atoms with Crippen LogP contribution in [0, 0.1) is 0 Å². The third-order valence-corrected chi connectivity index (χ3v) is 6.03. The molecule has 9 heteroatoms. The van der Waals surface area contributed by atoms with Gasteiger partial charge in [-0.05, 0) is 38.0 Å². The summed E-state index contributed by atoms with van der Waals surface area (Å²) in [5, 5.41) is 3.41. The fourth-order valence-electron chi connectivity index (χ4n) is 4.09. The number of rotatable bonds is 6. The first-order chi connectivity index (χ1) is 14.3.